The van der Waals surface area contributed by atoms with E-state index < -0.39 is 0 Å². The third-order valence-electron chi connectivity index (χ3n) is 3.69. The zero-order valence-electron chi connectivity index (χ0n) is 12.3. The van der Waals surface area contributed by atoms with Gasteiger partial charge in [0.25, 0.3) is 0 Å². The molecule has 0 aromatic carbocycles. The fraction of sp³-hybridized carbons (Fsp3) is 1.00. The highest BCUT2D eigenvalue weighted by Gasteiger charge is 2.10. The van der Waals surface area contributed by atoms with E-state index in [4.69, 9.17) is 0 Å². The van der Waals surface area contributed by atoms with Crippen LogP contribution in [0.5, 0.6) is 0 Å². The van der Waals surface area contributed by atoms with Crippen molar-refractivity contribution < 1.29 is 0 Å². The van der Waals surface area contributed by atoms with Gasteiger partial charge in [0.05, 0.1) is 0 Å². The molecule has 0 spiro atoms. The van der Waals surface area contributed by atoms with E-state index in [1.165, 1.54) is 51.7 Å². The molecule has 1 unspecified atom stereocenters. The largest absolute Gasteiger partial charge is 0.303 e. The Morgan fingerprint density at radius 1 is 0.812 bits per heavy atom. The summed E-state index contributed by atoms with van der Waals surface area (Å²) in [5, 5.41) is 0. The molecule has 0 bridgehead atoms. The minimum absolute atomic E-state index is 0.833. The third kappa shape index (κ3) is 8.15. The molecule has 16 heavy (non-hydrogen) atoms. The van der Waals surface area contributed by atoms with Gasteiger partial charge in [0.15, 0.2) is 0 Å². The first-order valence-electron chi connectivity index (χ1n) is 7.34. The molecule has 0 fully saturated rings. The summed E-state index contributed by atoms with van der Waals surface area (Å²) >= 11 is 0. The lowest BCUT2D eigenvalue weighted by Crippen LogP contribution is -2.28. The Morgan fingerprint density at radius 2 is 1.31 bits per heavy atom. The van der Waals surface area contributed by atoms with Gasteiger partial charge in [-0.15, -0.1) is 0 Å². The quantitative estimate of drug-likeness (QED) is 0.528. The maximum absolute atomic E-state index is 2.67. The first-order chi connectivity index (χ1) is 7.61. The van der Waals surface area contributed by atoms with E-state index in [0.717, 1.165) is 11.8 Å². The zero-order valence-corrected chi connectivity index (χ0v) is 12.3. The second kappa shape index (κ2) is 10.1. The molecule has 0 N–H and O–H groups in total. The van der Waals surface area contributed by atoms with Gasteiger partial charge in [-0.3, -0.25) is 0 Å². The SMILES string of the molecule is CCCCN(CCCC)CCC(C)C(C)C. The van der Waals surface area contributed by atoms with Gasteiger partial charge in [-0.05, 0) is 50.7 Å². The van der Waals surface area contributed by atoms with Crippen molar-refractivity contribution >= 4 is 0 Å². The van der Waals surface area contributed by atoms with E-state index in [0.29, 0.717) is 0 Å². The van der Waals surface area contributed by atoms with E-state index in [1.54, 1.807) is 0 Å². The lowest BCUT2D eigenvalue weighted by molar-refractivity contribution is 0.233. The molecule has 0 aromatic heterocycles. The van der Waals surface area contributed by atoms with E-state index in [1.807, 2.05) is 0 Å². The molecule has 0 heterocycles. The van der Waals surface area contributed by atoms with Crippen molar-refractivity contribution in [2.24, 2.45) is 11.8 Å². The average molecular weight is 227 g/mol. The van der Waals surface area contributed by atoms with Crippen LogP contribution < -0.4 is 0 Å². The lowest BCUT2D eigenvalue weighted by Gasteiger charge is -2.25. The van der Waals surface area contributed by atoms with Crippen LogP contribution in [0.2, 0.25) is 0 Å². The second-order valence-electron chi connectivity index (χ2n) is 5.56. The van der Waals surface area contributed by atoms with E-state index >= 15 is 0 Å². The summed E-state index contributed by atoms with van der Waals surface area (Å²) < 4.78 is 0. The van der Waals surface area contributed by atoms with Crippen LogP contribution in [0.25, 0.3) is 0 Å². The van der Waals surface area contributed by atoms with Gasteiger partial charge >= 0.3 is 0 Å². The van der Waals surface area contributed by atoms with Gasteiger partial charge in [-0.2, -0.15) is 0 Å². The number of hydrogen-bond acceptors (Lipinski definition) is 1. The topological polar surface area (TPSA) is 3.24 Å². The molecule has 1 heteroatoms. The summed E-state index contributed by atoms with van der Waals surface area (Å²) in [4.78, 5) is 2.67. The van der Waals surface area contributed by atoms with Crippen molar-refractivity contribution in [2.45, 2.75) is 66.7 Å². The number of unbranched alkanes of at least 4 members (excludes halogenated alkanes) is 2. The fourth-order valence-corrected chi connectivity index (χ4v) is 1.82. The van der Waals surface area contributed by atoms with Crippen LogP contribution in [0.15, 0.2) is 0 Å². The highest BCUT2D eigenvalue weighted by atomic mass is 15.1. The average Bonchev–Trinajstić information content (AvgIpc) is 2.27. The van der Waals surface area contributed by atoms with Crippen molar-refractivity contribution in [3.8, 4) is 0 Å². The summed E-state index contributed by atoms with van der Waals surface area (Å²) in [5.41, 5.74) is 0. The number of rotatable bonds is 10. The molecule has 0 aliphatic heterocycles. The summed E-state index contributed by atoms with van der Waals surface area (Å²) in [6.07, 6.45) is 6.73. The molecule has 0 radical (unpaired) electrons. The Hall–Kier alpha value is -0.0400. The number of hydrogen-bond donors (Lipinski definition) is 0. The molecule has 0 aromatic rings. The molecular weight excluding hydrogens is 194 g/mol. The Bertz CT molecular complexity index is 134. The molecule has 0 aliphatic carbocycles. The predicted octanol–water partition coefficient (Wildman–Crippen LogP) is 4.57. The standard InChI is InChI=1S/C15H33N/c1-6-8-11-16(12-9-7-2)13-10-15(5)14(3)4/h14-15H,6-13H2,1-5H3. The van der Waals surface area contributed by atoms with Gasteiger partial charge in [0.1, 0.15) is 0 Å². The molecule has 0 amide bonds. The fourth-order valence-electron chi connectivity index (χ4n) is 1.82. The molecule has 98 valence electrons. The van der Waals surface area contributed by atoms with Crippen molar-refractivity contribution in [2.75, 3.05) is 19.6 Å². The van der Waals surface area contributed by atoms with Crippen LogP contribution in [-0.2, 0) is 0 Å². The third-order valence-corrected chi connectivity index (χ3v) is 3.69. The molecule has 0 saturated heterocycles. The molecule has 0 aliphatic rings. The predicted molar refractivity (Wildman–Crippen MR) is 74.9 cm³/mol. The van der Waals surface area contributed by atoms with Crippen molar-refractivity contribution in [3.05, 3.63) is 0 Å². The highest BCUT2D eigenvalue weighted by Crippen LogP contribution is 2.14. The highest BCUT2D eigenvalue weighted by molar-refractivity contribution is 4.63. The van der Waals surface area contributed by atoms with Crippen LogP contribution >= 0.6 is 0 Å². The Kier molecular flexibility index (Phi) is 10.1. The van der Waals surface area contributed by atoms with E-state index in [9.17, 15) is 0 Å². The first-order valence-corrected chi connectivity index (χ1v) is 7.34. The Morgan fingerprint density at radius 3 is 1.69 bits per heavy atom. The minimum Gasteiger partial charge on any atom is -0.303 e. The normalized spacial score (nSPS) is 13.7. The summed E-state index contributed by atoms with van der Waals surface area (Å²) in [6, 6.07) is 0. The molecule has 1 atom stereocenters. The van der Waals surface area contributed by atoms with Gasteiger partial charge < -0.3 is 4.90 Å². The molecule has 0 rings (SSSR count). The summed E-state index contributed by atoms with van der Waals surface area (Å²) in [7, 11) is 0. The van der Waals surface area contributed by atoms with Crippen LogP contribution in [-0.4, -0.2) is 24.5 Å². The van der Waals surface area contributed by atoms with Crippen LogP contribution in [0, 0.1) is 11.8 Å². The summed E-state index contributed by atoms with van der Waals surface area (Å²) in [6.45, 7) is 15.6. The smallest absolute Gasteiger partial charge is 0.00161 e. The van der Waals surface area contributed by atoms with Gasteiger partial charge in [0.2, 0.25) is 0 Å². The first kappa shape index (κ1) is 16.0. The molecule has 0 saturated carbocycles. The second-order valence-corrected chi connectivity index (χ2v) is 5.56. The monoisotopic (exact) mass is 227 g/mol. The maximum atomic E-state index is 2.67. The summed E-state index contributed by atoms with van der Waals surface area (Å²) in [5.74, 6) is 1.70. The Balaban J connectivity index is 3.80. The van der Waals surface area contributed by atoms with Crippen molar-refractivity contribution in [1.29, 1.82) is 0 Å². The van der Waals surface area contributed by atoms with Gasteiger partial charge in [-0.25, -0.2) is 0 Å². The number of nitrogens with zero attached hydrogens (tertiary/aromatic N) is 1. The molecule has 1 nitrogen and oxygen atoms in total. The zero-order chi connectivity index (χ0) is 12.4. The Labute approximate surface area is 104 Å². The van der Waals surface area contributed by atoms with Crippen molar-refractivity contribution in [1.82, 2.24) is 4.90 Å². The van der Waals surface area contributed by atoms with Gasteiger partial charge in [0, 0.05) is 0 Å². The maximum Gasteiger partial charge on any atom is -0.00161 e. The van der Waals surface area contributed by atoms with E-state index in [-0.39, 0.29) is 0 Å². The van der Waals surface area contributed by atoms with Gasteiger partial charge in [-0.1, -0.05) is 47.5 Å². The van der Waals surface area contributed by atoms with Crippen LogP contribution in [0.1, 0.15) is 66.7 Å². The lowest BCUT2D eigenvalue weighted by atomic mass is 9.94. The van der Waals surface area contributed by atoms with Crippen LogP contribution in [0.3, 0.4) is 0 Å². The minimum atomic E-state index is 0.833. The molecular formula is C15H33N. The van der Waals surface area contributed by atoms with Crippen molar-refractivity contribution in [3.63, 3.8) is 0 Å². The van der Waals surface area contributed by atoms with Crippen LogP contribution in [0.4, 0.5) is 0 Å². The van der Waals surface area contributed by atoms with E-state index in [2.05, 4.69) is 39.5 Å².